The maximum Gasteiger partial charge on any atom is 0.222 e. The minimum atomic E-state index is 0.202. The Morgan fingerprint density at radius 3 is 2.82 bits per heavy atom. The fraction of sp³-hybridized carbons (Fsp3) is 0.364. The Morgan fingerprint density at radius 1 is 1.29 bits per heavy atom. The Morgan fingerprint density at radius 2 is 2.12 bits per heavy atom. The van der Waals surface area contributed by atoms with Crippen molar-refractivity contribution in [2.45, 2.75) is 26.3 Å². The van der Waals surface area contributed by atoms with E-state index in [4.69, 9.17) is 11.5 Å². The molecule has 0 aliphatic heterocycles. The van der Waals surface area contributed by atoms with Gasteiger partial charge in [-0.25, -0.2) is 9.97 Å². The molecule has 0 amide bonds. The number of hydrogen-bond acceptors (Lipinski definition) is 5. The molecule has 0 atom stereocenters. The molecule has 0 bridgehead atoms. The summed E-state index contributed by atoms with van der Waals surface area (Å²) in [6.07, 6.45) is 5.44. The topological polar surface area (TPSA) is 95.6 Å². The van der Waals surface area contributed by atoms with Gasteiger partial charge in [-0.1, -0.05) is 6.92 Å². The molecule has 2 heterocycles. The van der Waals surface area contributed by atoms with E-state index in [2.05, 4.69) is 26.4 Å². The Hall–Kier alpha value is -2.11. The number of aromatic nitrogens is 4. The predicted molar refractivity (Wildman–Crippen MR) is 66.2 cm³/mol. The zero-order chi connectivity index (χ0) is 12.3. The van der Waals surface area contributed by atoms with Crippen molar-refractivity contribution in [2.24, 2.45) is 0 Å². The number of anilines is 2. The smallest absolute Gasteiger partial charge is 0.222 e. The van der Waals surface area contributed by atoms with E-state index in [1.165, 1.54) is 0 Å². The van der Waals surface area contributed by atoms with E-state index in [9.17, 15) is 0 Å². The fourth-order valence-corrected chi connectivity index (χ4v) is 1.74. The van der Waals surface area contributed by atoms with E-state index < -0.39 is 0 Å². The number of rotatable bonds is 4. The van der Waals surface area contributed by atoms with Crippen LogP contribution in [0.1, 0.15) is 24.9 Å². The van der Waals surface area contributed by atoms with Crippen LogP contribution in [0.3, 0.4) is 0 Å². The molecule has 90 valence electrons. The van der Waals surface area contributed by atoms with Gasteiger partial charge >= 0.3 is 0 Å². The Bertz CT molecular complexity index is 484. The molecule has 17 heavy (non-hydrogen) atoms. The summed E-state index contributed by atoms with van der Waals surface area (Å²) in [5.41, 5.74) is 12.0. The number of nitrogen functional groups attached to an aromatic ring is 2. The average molecular weight is 232 g/mol. The Kier molecular flexibility index (Phi) is 3.22. The Balaban J connectivity index is 2.22. The minimum Gasteiger partial charge on any atom is -0.384 e. The lowest BCUT2D eigenvalue weighted by Crippen LogP contribution is -2.07. The van der Waals surface area contributed by atoms with Crippen molar-refractivity contribution in [3.63, 3.8) is 0 Å². The van der Waals surface area contributed by atoms with Crippen molar-refractivity contribution in [1.29, 1.82) is 0 Å². The highest BCUT2D eigenvalue weighted by Gasteiger charge is 2.06. The summed E-state index contributed by atoms with van der Waals surface area (Å²) in [4.78, 5) is 12.3. The standard InChI is InChI=1S/C11H16N6/c1-2-4-17-5-3-14-10(17)7-8-6-9(12)16-11(13)15-8/h3,5-6H,2,4,7H2,1H3,(H4,12,13,15,16). The predicted octanol–water partition coefficient (Wildman–Crippen LogP) is 0.838. The quantitative estimate of drug-likeness (QED) is 0.814. The van der Waals surface area contributed by atoms with Gasteiger partial charge < -0.3 is 16.0 Å². The van der Waals surface area contributed by atoms with Crippen LogP contribution in [0.2, 0.25) is 0 Å². The van der Waals surface area contributed by atoms with Crippen LogP contribution < -0.4 is 11.5 Å². The highest BCUT2D eigenvalue weighted by molar-refractivity contribution is 5.36. The van der Waals surface area contributed by atoms with Gasteiger partial charge in [-0.3, -0.25) is 0 Å². The van der Waals surface area contributed by atoms with Crippen molar-refractivity contribution in [3.8, 4) is 0 Å². The number of nitrogens with two attached hydrogens (primary N) is 2. The number of hydrogen-bond donors (Lipinski definition) is 2. The van der Waals surface area contributed by atoms with Crippen LogP contribution in [-0.4, -0.2) is 19.5 Å². The first kappa shape index (κ1) is 11.4. The van der Waals surface area contributed by atoms with Crippen molar-refractivity contribution in [3.05, 3.63) is 30.0 Å². The second-order valence-electron chi connectivity index (χ2n) is 3.86. The van der Waals surface area contributed by atoms with Gasteiger partial charge in [0, 0.05) is 31.4 Å². The first-order chi connectivity index (χ1) is 8.19. The third-order valence-electron chi connectivity index (χ3n) is 2.42. The molecule has 0 saturated heterocycles. The molecule has 2 aromatic heterocycles. The molecule has 0 fully saturated rings. The van der Waals surface area contributed by atoms with Crippen LogP contribution in [-0.2, 0) is 13.0 Å². The maximum atomic E-state index is 5.63. The normalized spacial score (nSPS) is 10.6. The van der Waals surface area contributed by atoms with Gasteiger partial charge in [0.25, 0.3) is 0 Å². The summed E-state index contributed by atoms with van der Waals surface area (Å²) in [6.45, 7) is 3.08. The van der Waals surface area contributed by atoms with Gasteiger partial charge in [0.05, 0.1) is 5.69 Å². The molecular formula is C11H16N6. The summed E-state index contributed by atoms with van der Waals surface area (Å²) >= 11 is 0. The lowest BCUT2D eigenvalue weighted by molar-refractivity contribution is 0.645. The number of nitrogens with zero attached hydrogens (tertiary/aromatic N) is 4. The van der Waals surface area contributed by atoms with E-state index in [1.54, 1.807) is 12.3 Å². The molecule has 6 nitrogen and oxygen atoms in total. The highest BCUT2D eigenvalue weighted by atomic mass is 15.1. The molecule has 2 rings (SSSR count). The average Bonchev–Trinajstić information content (AvgIpc) is 2.65. The number of imidazole rings is 1. The van der Waals surface area contributed by atoms with Crippen molar-refractivity contribution in [1.82, 2.24) is 19.5 Å². The van der Waals surface area contributed by atoms with E-state index in [0.29, 0.717) is 12.2 Å². The molecule has 0 unspecified atom stereocenters. The summed E-state index contributed by atoms with van der Waals surface area (Å²) < 4.78 is 2.11. The second-order valence-corrected chi connectivity index (χ2v) is 3.86. The first-order valence-electron chi connectivity index (χ1n) is 5.58. The molecular weight excluding hydrogens is 216 g/mol. The molecule has 4 N–H and O–H groups in total. The summed E-state index contributed by atoms with van der Waals surface area (Å²) in [7, 11) is 0. The maximum absolute atomic E-state index is 5.63. The van der Waals surface area contributed by atoms with Crippen LogP contribution in [0, 0.1) is 0 Å². The second kappa shape index (κ2) is 4.82. The molecule has 0 saturated carbocycles. The van der Waals surface area contributed by atoms with Gasteiger partial charge in [-0.15, -0.1) is 0 Å². The van der Waals surface area contributed by atoms with E-state index in [-0.39, 0.29) is 5.95 Å². The van der Waals surface area contributed by atoms with Crippen molar-refractivity contribution < 1.29 is 0 Å². The van der Waals surface area contributed by atoms with Gasteiger partial charge in [0.2, 0.25) is 5.95 Å². The largest absolute Gasteiger partial charge is 0.384 e. The zero-order valence-electron chi connectivity index (χ0n) is 9.80. The van der Waals surface area contributed by atoms with E-state index in [0.717, 1.165) is 24.5 Å². The van der Waals surface area contributed by atoms with E-state index >= 15 is 0 Å². The fourth-order valence-electron chi connectivity index (χ4n) is 1.74. The Labute approximate surface area is 99.7 Å². The molecule has 0 aliphatic rings. The third kappa shape index (κ3) is 2.72. The molecule has 0 spiro atoms. The van der Waals surface area contributed by atoms with Crippen LogP contribution in [0.4, 0.5) is 11.8 Å². The minimum absolute atomic E-state index is 0.202. The monoisotopic (exact) mass is 232 g/mol. The number of aryl methyl sites for hydroxylation is 1. The SMILES string of the molecule is CCCn1ccnc1Cc1cc(N)nc(N)n1. The summed E-state index contributed by atoms with van der Waals surface area (Å²) in [5, 5.41) is 0. The lowest BCUT2D eigenvalue weighted by atomic mass is 10.2. The van der Waals surface area contributed by atoms with Crippen LogP contribution in [0.25, 0.3) is 0 Å². The van der Waals surface area contributed by atoms with Gasteiger partial charge in [-0.05, 0) is 6.42 Å². The molecule has 0 radical (unpaired) electrons. The molecule has 2 aromatic rings. The first-order valence-corrected chi connectivity index (χ1v) is 5.58. The van der Waals surface area contributed by atoms with Crippen LogP contribution in [0.5, 0.6) is 0 Å². The summed E-state index contributed by atoms with van der Waals surface area (Å²) in [5.74, 6) is 1.55. The van der Waals surface area contributed by atoms with Crippen LogP contribution >= 0.6 is 0 Å². The lowest BCUT2D eigenvalue weighted by Gasteiger charge is -2.06. The molecule has 6 heteroatoms. The third-order valence-corrected chi connectivity index (χ3v) is 2.42. The van der Waals surface area contributed by atoms with Crippen LogP contribution in [0.15, 0.2) is 18.5 Å². The van der Waals surface area contributed by atoms with Crippen molar-refractivity contribution >= 4 is 11.8 Å². The highest BCUT2D eigenvalue weighted by Crippen LogP contribution is 2.10. The zero-order valence-corrected chi connectivity index (χ0v) is 9.80. The molecule has 0 aromatic carbocycles. The van der Waals surface area contributed by atoms with E-state index in [1.807, 2.05) is 6.20 Å². The summed E-state index contributed by atoms with van der Waals surface area (Å²) in [6, 6.07) is 1.72. The van der Waals surface area contributed by atoms with Gasteiger partial charge in [0.15, 0.2) is 0 Å². The van der Waals surface area contributed by atoms with Gasteiger partial charge in [0.1, 0.15) is 11.6 Å². The van der Waals surface area contributed by atoms with Crippen molar-refractivity contribution in [2.75, 3.05) is 11.5 Å². The molecule has 0 aliphatic carbocycles. The van der Waals surface area contributed by atoms with Gasteiger partial charge in [-0.2, -0.15) is 4.98 Å².